The first-order valence-electron chi connectivity index (χ1n) is 9.54. The zero-order valence-corrected chi connectivity index (χ0v) is 16.5. The molecule has 4 rings (SSSR count). The van der Waals surface area contributed by atoms with Gasteiger partial charge in [-0.2, -0.15) is 0 Å². The Labute approximate surface area is 167 Å². The summed E-state index contributed by atoms with van der Waals surface area (Å²) in [6.45, 7) is 3.96. The number of halogens is 1. The number of amides is 2. The van der Waals surface area contributed by atoms with Gasteiger partial charge in [0.1, 0.15) is 5.72 Å². The van der Waals surface area contributed by atoms with Crippen molar-refractivity contribution in [3.8, 4) is 0 Å². The van der Waals surface area contributed by atoms with E-state index in [0.29, 0.717) is 11.1 Å². The summed E-state index contributed by atoms with van der Waals surface area (Å²) in [6, 6.07) is 7.11. The summed E-state index contributed by atoms with van der Waals surface area (Å²) in [5.74, 6) is -0.263. The van der Waals surface area contributed by atoms with E-state index in [1.54, 1.807) is 24.3 Å². The Morgan fingerprint density at radius 3 is 1.89 bits per heavy atom. The quantitative estimate of drug-likeness (QED) is 0.432. The molecule has 1 aliphatic heterocycles. The van der Waals surface area contributed by atoms with Gasteiger partial charge >= 0.3 is 0 Å². The summed E-state index contributed by atoms with van der Waals surface area (Å²) in [4.78, 5) is 26.0. The first kappa shape index (κ1) is 21.6. The lowest BCUT2D eigenvalue weighted by molar-refractivity contribution is 0.0103. The highest BCUT2D eigenvalue weighted by Crippen LogP contribution is 2.32. The molecule has 2 aliphatic carbocycles. The maximum absolute atomic E-state index is 12.3. The van der Waals surface area contributed by atoms with Crippen LogP contribution in [-0.2, 0) is 0 Å². The standard InChI is InChI=1S/C15H15NO2.C6H13NO.ClH/c1-10-6-8-11(9-7-10)16-14(17)12-4-2-3-5-13(12)15(16)18;7-6(8)4-2-1-3-5-6;/h2-5,11H,1,6-9H2;8H,1-5,7H2;1H. The number of nitrogens with zero attached hydrogens (tertiary/aromatic N) is 1. The highest BCUT2D eigenvalue weighted by molar-refractivity contribution is 6.21. The van der Waals surface area contributed by atoms with Crippen LogP contribution >= 0.6 is 12.4 Å². The number of carbonyl (C=O) groups is 2. The summed E-state index contributed by atoms with van der Waals surface area (Å²) in [7, 11) is 0. The third-order valence-electron chi connectivity index (χ3n) is 5.57. The second-order valence-corrected chi connectivity index (χ2v) is 7.67. The van der Waals surface area contributed by atoms with Crippen molar-refractivity contribution in [3.05, 3.63) is 47.5 Å². The first-order chi connectivity index (χ1) is 12.4. The Balaban J connectivity index is 0.000000247. The molecule has 0 unspecified atom stereocenters. The van der Waals surface area contributed by atoms with Crippen molar-refractivity contribution in [3.63, 3.8) is 0 Å². The average molecular weight is 393 g/mol. The number of rotatable bonds is 1. The van der Waals surface area contributed by atoms with Gasteiger partial charge in [0.2, 0.25) is 0 Å². The minimum atomic E-state index is -0.821. The van der Waals surface area contributed by atoms with Crippen molar-refractivity contribution < 1.29 is 14.7 Å². The molecule has 0 bridgehead atoms. The van der Waals surface area contributed by atoms with Crippen LogP contribution in [0.2, 0.25) is 0 Å². The van der Waals surface area contributed by atoms with Gasteiger partial charge in [-0.3, -0.25) is 14.5 Å². The highest BCUT2D eigenvalue weighted by Gasteiger charge is 2.40. The summed E-state index contributed by atoms with van der Waals surface area (Å²) in [5.41, 5.74) is 6.93. The molecule has 3 aliphatic rings. The molecule has 5 nitrogen and oxygen atoms in total. The van der Waals surface area contributed by atoms with E-state index in [-0.39, 0.29) is 30.3 Å². The van der Waals surface area contributed by atoms with Crippen LogP contribution in [0.15, 0.2) is 36.4 Å². The lowest BCUT2D eigenvalue weighted by Gasteiger charge is -2.30. The number of fused-ring (bicyclic) bond motifs is 1. The van der Waals surface area contributed by atoms with Crippen LogP contribution in [0.1, 0.15) is 78.5 Å². The predicted molar refractivity (Wildman–Crippen MR) is 108 cm³/mol. The van der Waals surface area contributed by atoms with Crippen molar-refractivity contribution >= 4 is 24.2 Å². The van der Waals surface area contributed by atoms with E-state index in [2.05, 4.69) is 6.58 Å². The number of aliphatic hydroxyl groups is 1. The van der Waals surface area contributed by atoms with Crippen LogP contribution in [0, 0.1) is 0 Å². The number of imide groups is 1. The molecule has 3 N–H and O–H groups in total. The van der Waals surface area contributed by atoms with Crippen molar-refractivity contribution in [1.29, 1.82) is 0 Å². The first-order valence-corrected chi connectivity index (χ1v) is 9.54. The molecule has 2 saturated carbocycles. The monoisotopic (exact) mass is 392 g/mol. The van der Waals surface area contributed by atoms with Gasteiger partial charge in [-0.15, -0.1) is 12.4 Å². The number of benzene rings is 1. The normalized spacial score (nSPS) is 21.9. The van der Waals surface area contributed by atoms with Gasteiger partial charge in [-0.05, 0) is 63.5 Å². The summed E-state index contributed by atoms with van der Waals surface area (Å²) in [6.07, 6.45) is 8.52. The number of allylic oxidation sites excluding steroid dienone is 1. The van der Waals surface area contributed by atoms with Crippen LogP contribution in [0.5, 0.6) is 0 Å². The summed E-state index contributed by atoms with van der Waals surface area (Å²) >= 11 is 0. The molecule has 0 saturated heterocycles. The zero-order valence-electron chi connectivity index (χ0n) is 15.7. The average Bonchev–Trinajstić information content (AvgIpc) is 2.88. The lowest BCUT2D eigenvalue weighted by atomic mass is 9.91. The van der Waals surface area contributed by atoms with Crippen LogP contribution in [0.3, 0.4) is 0 Å². The fourth-order valence-electron chi connectivity index (χ4n) is 3.97. The van der Waals surface area contributed by atoms with E-state index < -0.39 is 5.72 Å². The van der Waals surface area contributed by atoms with Crippen molar-refractivity contribution in [2.45, 2.75) is 69.6 Å². The van der Waals surface area contributed by atoms with Crippen molar-refractivity contribution in [2.75, 3.05) is 0 Å². The van der Waals surface area contributed by atoms with Crippen molar-refractivity contribution in [2.24, 2.45) is 5.73 Å². The number of hydrogen-bond donors (Lipinski definition) is 2. The third kappa shape index (κ3) is 4.98. The topological polar surface area (TPSA) is 83.6 Å². The van der Waals surface area contributed by atoms with Gasteiger partial charge in [0, 0.05) is 6.04 Å². The van der Waals surface area contributed by atoms with Crippen molar-refractivity contribution in [1.82, 2.24) is 4.90 Å². The molecule has 2 fully saturated rings. The van der Waals surface area contributed by atoms with E-state index >= 15 is 0 Å². The maximum Gasteiger partial charge on any atom is 0.261 e. The van der Waals surface area contributed by atoms with E-state index in [1.807, 2.05) is 0 Å². The minimum Gasteiger partial charge on any atom is -0.376 e. The van der Waals surface area contributed by atoms with Gasteiger partial charge in [0.25, 0.3) is 11.8 Å². The third-order valence-corrected chi connectivity index (χ3v) is 5.57. The molecule has 0 radical (unpaired) electrons. The Morgan fingerprint density at radius 2 is 1.48 bits per heavy atom. The fourth-order valence-corrected chi connectivity index (χ4v) is 3.97. The summed E-state index contributed by atoms with van der Waals surface area (Å²) < 4.78 is 0. The second kappa shape index (κ2) is 9.00. The fraction of sp³-hybridized carbons (Fsp3) is 0.524. The van der Waals surface area contributed by atoms with Gasteiger partial charge in [-0.25, -0.2) is 0 Å². The molecule has 148 valence electrons. The number of hydrogen-bond acceptors (Lipinski definition) is 4. The molecular weight excluding hydrogens is 364 g/mol. The zero-order chi connectivity index (χ0) is 18.7. The molecule has 6 heteroatoms. The second-order valence-electron chi connectivity index (χ2n) is 7.67. The van der Waals surface area contributed by atoms with Gasteiger partial charge < -0.3 is 10.8 Å². The molecular formula is C21H29ClN2O3. The molecule has 2 amide bonds. The van der Waals surface area contributed by atoms with Gasteiger partial charge in [0.15, 0.2) is 0 Å². The molecule has 1 aromatic rings. The lowest BCUT2D eigenvalue weighted by Crippen LogP contribution is -2.41. The van der Waals surface area contributed by atoms with Crippen LogP contribution in [0.25, 0.3) is 0 Å². The molecule has 0 atom stereocenters. The summed E-state index contributed by atoms with van der Waals surface area (Å²) in [5, 5.41) is 9.15. The molecule has 0 spiro atoms. The van der Waals surface area contributed by atoms with E-state index in [1.165, 1.54) is 16.9 Å². The van der Waals surface area contributed by atoms with E-state index in [9.17, 15) is 9.59 Å². The highest BCUT2D eigenvalue weighted by atomic mass is 35.5. The Morgan fingerprint density at radius 1 is 1.00 bits per heavy atom. The maximum atomic E-state index is 12.3. The van der Waals surface area contributed by atoms with E-state index in [4.69, 9.17) is 10.8 Å². The van der Waals surface area contributed by atoms with Crippen LogP contribution < -0.4 is 5.73 Å². The Kier molecular flexibility index (Phi) is 7.20. The molecule has 27 heavy (non-hydrogen) atoms. The van der Waals surface area contributed by atoms with E-state index in [0.717, 1.165) is 51.4 Å². The van der Waals surface area contributed by atoms with Gasteiger partial charge in [-0.1, -0.05) is 30.7 Å². The van der Waals surface area contributed by atoms with Crippen LogP contribution in [0.4, 0.5) is 0 Å². The van der Waals surface area contributed by atoms with Gasteiger partial charge in [0.05, 0.1) is 11.1 Å². The Bertz CT molecular complexity index is 664. The predicted octanol–water partition coefficient (Wildman–Crippen LogP) is 3.80. The smallest absolute Gasteiger partial charge is 0.261 e. The number of nitrogens with two attached hydrogens (primary N) is 1. The van der Waals surface area contributed by atoms with Crippen LogP contribution in [-0.4, -0.2) is 33.6 Å². The SMILES string of the molecule is C=C1CCC(N2C(=O)c3ccccc3C2=O)CC1.Cl.NC1(O)CCCCC1. The Hall–Kier alpha value is -1.69. The molecule has 1 heterocycles. The minimum absolute atomic E-state index is 0. The molecule has 0 aromatic heterocycles. The largest absolute Gasteiger partial charge is 0.376 e. The number of carbonyl (C=O) groups excluding carboxylic acids is 2. The molecule has 1 aromatic carbocycles.